The number of carbonyl (C=O) groups is 2. The zero-order valence-electron chi connectivity index (χ0n) is 15.0. The van der Waals surface area contributed by atoms with E-state index in [1.54, 1.807) is 20.0 Å². The summed E-state index contributed by atoms with van der Waals surface area (Å²) < 4.78 is 1.28. The monoisotopic (exact) mass is 356 g/mol. The molecule has 26 heavy (non-hydrogen) atoms. The third-order valence-electron chi connectivity index (χ3n) is 4.00. The molecule has 0 aliphatic carbocycles. The van der Waals surface area contributed by atoms with Crippen molar-refractivity contribution in [3.05, 3.63) is 64.6 Å². The number of benzene rings is 1. The van der Waals surface area contributed by atoms with Crippen LogP contribution in [0.4, 0.5) is 5.69 Å². The van der Waals surface area contributed by atoms with Crippen LogP contribution in [0.5, 0.6) is 0 Å². The molecule has 2 amide bonds. The maximum atomic E-state index is 12.4. The molecule has 0 aliphatic rings. The number of likely N-dealkylation sites (N-methyl/N-ethyl adjacent to an activating group) is 1. The molecule has 1 unspecified atom stereocenters. The van der Waals surface area contributed by atoms with Crippen molar-refractivity contribution in [3.63, 3.8) is 0 Å². The lowest BCUT2D eigenvalue weighted by molar-refractivity contribution is -0.121. The Hall–Kier alpha value is -2.93. The Morgan fingerprint density at radius 2 is 1.85 bits per heavy atom. The van der Waals surface area contributed by atoms with Crippen LogP contribution >= 0.6 is 0 Å². The molecule has 0 saturated heterocycles. The highest BCUT2D eigenvalue weighted by Crippen LogP contribution is 2.01. The van der Waals surface area contributed by atoms with Crippen LogP contribution in [0.25, 0.3) is 0 Å². The number of carbonyl (C=O) groups excluding carboxylic acids is 2. The number of nitrogens with zero attached hydrogens (tertiary/aromatic N) is 1. The van der Waals surface area contributed by atoms with Gasteiger partial charge in [-0.25, -0.2) is 0 Å². The zero-order valence-corrected chi connectivity index (χ0v) is 15.0. The zero-order chi connectivity index (χ0) is 18.9. The maximum absolute atomic E-state index is 12.4. The van der Waals surface area contributed by atoms with Gasteiger partial charge in [-0.05, 0) is 38.1 Å². The van der Waals surface area contributed by atoms with Crippen LogP contribution in [-0.4, -0.2) is 36.0 Å². The number of hydrogen-bond acceptors (Lipinski definition) is 4. The van der Waals surface area contributed by atoms with Crippen molar-refractivity contribution in [3.8, 4) is 0 Å². The predicted octanol–water partition coefficient (Wildman–Crippen LogP) is 0.754. The SMILES string of the molecule is CNC(C)C(=O)Nc1cccn(CC(=O)NCCc2ccccc2)c1=O. The minimum atomic E-state index is -0.427. The molecular formula is C19H24N4O3. The van der Waals surface area contributed by atoms with Crippen molar-refractivity contribution in [1.29, 1.82) is 0 Å². The van der Waals surface area contributed by atoms with E-state index >= 15 is 0 Å². The maximum Gasteiger partial charge on any atom is 0.274 e. The Labute approximate surface area is 152 Å². The standard InChI is InChI=1S/C19H24N4O3/c1-14(20-2)18(25)22-16-9-6-12-23(19(16)26)13-17(24)21-11-10-15-7-4-3-5-8-15/h3-9,12,14,20H,10-11,13H2,1-2H3,(H,21,24)(H,22,25). The molecule has 0 bridgehead atoms. The Morgan fingerprint density at radius 1 is 1.12 bits per heavy atom. The third-order valence-corrected chi connectivity index (χ3v) is 4.00. The minimum absolute atomic E-state index is 0.0983. The number of aromatic nitrogens is 1. The first-order valence-corrected chi connectivity index (χ1v) is 8.49. The predicted molar refractivity (Wildman–Crippen MR) is 101 cm³/mol. The lowest BCUT2D eigenvalue weighted by atomic mass is 10.1. The van der Waals surface area contributed by atoms with Gasteiger partial charge in [0.2, 0.25) is 11.8 Å². The summed E-state index contributed by atoms with van der Waals surface area (Å²) in [6.07, 6.45) is 2.25. The van der Waals surface area contributed by atoms with Crippen molar-refractivity contribution in [1.82, 2.24) is 15.2 Å². The van der Waals surface area contributed by atoms with Crippen LogP contribution in [0.2, 0.25) is 0 Å². The van der Waals surface area contributed by atoms with Gasteiger partial charge in [0.1, 0.15) is 12.2 Å². The van der Waals surface area contributed by atoms with Gasteiger partial charge in [-0.15, -0.1) is 0 Å². The molecule has 138 valence electrons. The first-order valence-electron chi connectivity index (χ1n) is 8.49. The van der Waals surface area contributed by atoms with Crippen LogP contribution in [0.1, 0.15) is 12.5 Å². The molecule has 0 radical (unpaired) electrons. The number of rotatable bonds is 8. The highest BCUT2D eigenvalue weighted by Gasteiger charge is 2.13. The Bertz CT molecular complexity index is 802. The lowest BCUT2D eigenvalue weighted by Crippen LogP contribution is -2.38. The van der Waals surface area contributed by atoms with E-state index in [1.807, 2.05) is 30.3 Å². The summed E-state index contributed by atoms with van der Waals surface area (Å²) in [5.41, 5.74) is 0.868. The van der Waals surface area contributed by atoms with Gasteiger partial charge in [0.25, 0.3) is 5.56 Å². The van der Waals surface area contributed by atoms with Crippen molar-refractivity contribution in [2.75, 3.05) is 18.9 Å². The summed E-state index contributed by atoms with van der Waals surface area (Å²) >= 11 is 0. The Balaban J connectivity index is 1.92. The molecule has 0 spiro atoms. The largest absolute Gasteiger partial charge is 0.354 e. The number of pyridine rings is 1. The average molecular weight is 356 g/mol. The minimum Gasteiger partial charge on any atom is -0.354 e. The number of hydrogen-bond donors (Lipinski definition) is 3. The second-order valence-corrected chi connectivity index (χ2v) is 5.94. The van der Waals surface area contributed by atoms with Crippen LogP contribution in [0, 0.1) is 0 Å². The van der Waals surface area contributed by atoms with Gasteiger partial charge in [-0.3, -0.25) is 14.4 Å². The lowest BCUT2D eigenvalue weighted by Gasteiger charge is -2.12. The fraction of sp³-hybridized carbons (Fsp3) is 0.316. The van der Waals surface area contributed by atoms with E-state index in [0.29, 0.717) is 6.54 Å². The van der Waals surface area contributed by atoms with E-state index in [4.69, 9.17) is 0 Å². The van der Waals surface area contributed by atoms with Gasteiger partial charge in [0.05, 0.1) is 6.04 Å². The number of amides is 2. The van der Waals surface area contributed by atoms with Gasteiger partial charge in [0, 0.05) is 12.7 Å². The summed E-state index contributed by atoms with van der Waals surface area (Å²) in [5, 5.41) is 8.17. The van der Waals surface area contributed by atoms with E-state index in [-0.39, 0.29) is 24.0 Å². The highest BCUT2D eigenvalue weighted by molar-refractivity contribution is 5.94. The van der Waals surface area contributed by atoms with Gasteiger partial charge in [0.15, 0.2) is 0 Å². The number of anilines is 1. The van der Waals surface area contributed by atoms with Crippen LogP contribution in [-0.2, 0) is 22.6 Å². The first-order chi connectivity index (χ1) is 12.5. The molecule has 1 heterocycles. The van der Waals surface area contributed by atoms with E-state index in [0.717, 1.165) is 12.0 Å². The van der Waals surface area contributed by atoms with Gasteiger partial charge in [-0.1, -0.05) is 30.3 Å². The summed E-state index contributed by atoms with van der Waals surface area (Å²) in [7, 11) is 1.66. The summed E-state index contributed by atoms with van der Waals surface area (Å²) in [6, 6.07) is 12.5. The van der Waals surface area contributed by atoms with Crippen LogP contribution in [0.3, 0.4) is 0 Å². The van der Waals surface area contributed by atoms with Gasteiger partial charge < -0.3 is 20.5 Å². The van der Waals surface area contributed by atoms with Crippen LogP contribution in [0.15, 0.2) is 53.5 Å². The molecule has 2 aromatic rings. The molecule has 0 aliphatic heterocycles. The molecule has 0 saturated carbocycles. The summed E-state index contributed by atoms with van der Waals surface area (Å²) in [4.78, 5) is 36.4. The molecule has 2 rings (SSSR count). The van der Waals surface area contributed by atoms with Gasteiger partial charge in [-0.2, -0.15) is 0 Å². The normalized spacial score (nSPS) is 11.6. The fourth-order valence-electron chi connectivity index (χ4n) is 2.33. The Morgan fingerprint density at radius 3 is 2.54 bits per heavy atom. The molecule has 1 aromatic heterocycles. The van der Waals surface area contributed by atoms with Gasteiger partial charge >= 0.3 is 0 Å². The summed E-state index contributed by atoms with van der Waals surface area (Å²) in [6.45, 7) is 2.09. The fourth-order valence-corrected chi connectivity index (χ4v) is 2.33. The molecule has 1 atom stereocenters. The van der Waals surface area contributed by atoms with E-state index in [1.165, 1.54) is 16.8 Å². The molecule has 7 heteroatoms. The van der Waals surface area contributed by atoms with E-state index < -0.39 is 11.6 Å². The van der Waals surface area contributed by atoms with Crippen molar-refractivity contribution in [2.45, 2.75) is 25.9 Å². The molecule has 0 fully saturated rings. The Kier molecular flexibility index (Phi) is 7.11. The number of nitrogens with one attached hydrogen (secondary N) is 3. The topological polar surface area (TPSA) is 92.2 Å². The van der Waals surface area contributed by atoms with E-state index in [9.17, 15) is 14.4 Å². The molecule has 7 nitrogen and oxygen atoms in total. The van der Waals surface area contributed by atoms with Crippen molar-refractivity contribution in [2.24, 2.45) is 0 Å². The van der Waals surface area contributed by atoms with Crippen LogP contribution < -0.4 is 21.5 Å². The molecule has 3 N–H and O–H groups in total. The van der Waals surface area contributed by atoms with E-state index in [2.05, 4.69) is 16.0 Å². The quantitative estimate of drug-likeness (QED) is 0.651. The second kappa shape index (κ2) is 9.53. The average Bonchev–Trinajstić information content (AvgIpc) is 2.65. The summed E-state index contributed by atoms with van der Waals surface area (Å²) in [5.74, 6) is -0.565. The highest BCUT2D eigenvalue weighted by atomic mass is 16.2. The van der Waals surface area contributed by atoms with Crippen molar-refractivity contribution >= 4 is 17.5 Å². The third kappa shape index (κ3) is 5.56. The second-order valence-electron chi connectivity index (χ2n) is 5.94. The first kappa shape index (κ1) is 19.4. The molecule has 1 aromatic carbocycles. The van der Waals surface area contributed by atoms with Crippen molar-refractivity contribution < 1.29 is 9.59 Å². The smallest absolute Gasteiger partial charge is 0.274 e. The molecular weight excluding hydrogens is 332 g/mol.